The van der Waals surface area contributed by atoms with E-state index in [1.54, 1.807) is 12.4 Å². The molecule has 3 N–H and O–H groups in total. The summed E-state index contributed by atoms with van der Waals surface area (Å²) in [4.78, 5) is 14.3. The molecule has 2 aliphatic heterocycles. The van der Waals surface area contributed by atoms with E-state index < -0.39 is 0 Å². The van der Waals surface area contributed by atoms with Crippen molar-refractivity contribution in [2.75, 3.05) is 11.9 Å². The Morgan fingerprint density at radius 1 is 1.39 bits per heavy atom. The van der Waals surface area contributed by atoms with Gasteiger partial charge in [0.1, 0.15) is 0 Å². The highest BCUT2D eigenvalue weighted by Gasteiger charge is 2.29. The second kappa shape index (κ2) is 5.70. The lowest BCUT2D eigenvalue weighted by molar-refractivity contribution is 0.212. The standard InChI is InChI=1S/C17H21N5O/c1-11-5-12-9-22(17(23)21-13-7-19-20-8-13)10-15(12)14(6-11)16-3-2-4-18-16/h5-8,16,18H,2-4,9-10H2,1H3,(H,19,20)(H,21,23)/t16-/m0/s1. The van der Waals surface area contributed by atoms with Crippen molar-refractivity contribution in [3.05, 3.63) is 46.8 Å². The van der Waals surface area contributed by atoms with Crippen LogP contribution >= 0.6 is 0 Å². The van der Waals surface area contributed by atoms with E-state index in [2.05, 4.69) is 39.9 Å². The highest BCUT2D eigenvalue weighted by atomic mass is 16.2. The van der Waals surface area contributed by atoms with E-state index in [0.717, 1.165) is 6.54 Å². The molecule has 2 aliphatic rings. The third kappa shape index (κ3) is 2.70. The Bertz CT molecular complexity index is 719. The largest absolute Gasteiger partial charge is 0.322 e. The van der Waals surface area contributed by atoms with Gasteiger partial charge in [-0.1, -0.05) is 17.7 Å². The van der Waals surface area contributed by atoms with Crippen LogP contribution in [0.2, 0.25) is 0 Å². The fourth-order valence-electron chi connectivity index (χ4n) is 3.63. The molecule has 1 atom stereocenters. The zero-order valence-electron chi connectivity index (χ0n) is 13.2. The number of fused-ring (bicyclic) bond motifs is 1. The minimum atomic E-state index is -0.0782. The lowest BCUT2D eigenvalue weighted by Crippen LogP contribution is -2.30. The monoisotopic (exact) mass is 311 g/mol. The summed E-state index contributed by atoms with van der Waals surface area (Å²) < 4.78 is 0. The topological polar surface area (TPSA) is 73.1 Å². The molecule has 0 unspecified atom stereocenters. The Hall–Kier alpha value is -2.34. The summed E-state index contributed by atoms with van der Waals surface area (Å²) in [6, 6.07) is 4.84. The van der Waals surface area contributed by atoms with E-state index in [1.807, 2.05) is 4.90 Å². The molecule has 0 spiro atoms. The molecule has 6 nitrogen and oxygen atoms in total. The minimum Gasteiger partial charge on any atom is -0.316 e. The van der Waals surface area contributed by atoms with Gasteiger partial charge in [-0.25, -0.2) is 4.79 Å². The second-order valence-electron chi connectivity index (χ2n) is 6.41. The highest BCUT2D eigenvalue weighted by molar-refractivity contribution is 5.89. The number of rotatable bonds is 2. The molecule has 6 heteroatoms. The fraction of sp³-hybridized carbons (Fsp3) is 0.412. The summed E-state index contributed by atoms with van der Waals surface area (Å²) in [6.45, 7) is 4.55. The molecule has 1 saturated heterocycles. The average Bonchev–Trinajstić information content (AvgIpc) is 3.27. The summed E-state index contributed by atoms with van der Waals surface area (Å²) in [5.41, 5.74) is 5.92. The summed E-state index contributed by atoms with van der Waals surface area (Å²) in [5.74, 6) is 0. The third-order valence-electron chi connectivity index (χ3n) is 4.70. The van der Waals surface area contributed by atoms with Gasteiger partial charge in [0.2, 0.25) is 0 Å². The van der Waals surface area contributed by atoms with Crippen LogP contribution in [0.4, 0.5) is 10.5 Å². The number of carbonyl (C=O) groups is 1. The second-order valence-corrected chi connectivity index (χ2v) is 6.41. The highest BCUT2D eigenvalue weighted by Crippen LogP contribution is 2.34. The van der Waals surface area contributed by atoms with Crippen molar-refractivity contribution in [3.8, 4) is 0 Å². The Morgan fingerprint density at radius 3 is 3.04 bits per heavy atom. The van der Waals surface area contributed by atoms with Crippen molar-refractivity contribution in [1.82, 2.24) is 20.4 Å². The number of aromatic amines is 1. The first-order valence-electron chi connectivity index (χ1n) is 8.11. The summed E-state index contributed by atoms with van der Waals surface area (Å²) in [5, 5.41) is 13.0. The number of carbonyl (C=O) groups excluding carboxylic acids is 1. The molecule has 2 aromatic rings. The maximum atomic E-state index is 12.5. The van der Waals surface area contributed by atoms with Gasteiger partial charge in [0.25, 0.3) is 0 Å². The van der Waals surface area contributed by atoms with Crippen LogP contribution in [-0.4, -0.2) is 27.7 Å². The van der Waals surface area contributed by atoms with Gasteiger partial charge in [0, 0.05) is 25.3 Å². The van der Waals surface area contributed by atoms with E-state index in [4.69, 9.17) is 0 Å². The lowest BCUT2D eigenvalue weighted by atomic mass is 9.94. The Labute approximate surface area is 135 Å². The number of urea groups is 1. The first-order valence-corrected chi connectivity index (χ1v) is 8.11. The molecule has 0 bridgehead atoms. The number of amides is 2. The van der Waals surface area contributed by atoms with Gasteiger partial charge >= 0.3 is 6.03 Å². The van der Waals surface area contributed by atoms with Crippen LogP contribution in [0.15, 0.2) is 24.5 Å². The molecule has 1 aromatic carbocycles. The molecule has 23 heavy (non-hydrogen) atoms. The van der Waals surface area contributed by atoms with Crippen LogP contribution < -0.4 is 10.6 Å². The Kier molecular flexibility index (Phi) is 3.53. The van der Waals surface area contributed by atoms with Crippen molar-refractivity contribution in [2.24, 2.45) is 0 Å². The molecular weight excluding hydrogens is 290 g/mol. The molecule has 0 saturated carbocycles. The summed E-state index contributed by atoms with van der Waals surface area (Å²) in [7, 11) is 0. The molecule has 1 aromatic heterocycles. The molecule has 4 rings (SSSR count). The molecule has 120 valence electrons. The van der Waals surface area contributed by atoms with Gasteiger partial charge in [-0.2, -0.15) is 5.10 Å². The zero-order chi connectivity index (χ0) is 15.8. The van der Waals surface area contributed by atoms with Gasteiger partial charge in [-0.15, -0.1) is 0 Å². The lowest BCUT2D eigenvalue weighted by Gasteiger charge is -2.17. The van der Waals surface area contributed by atoms with Crippen LogP contribution in [0, 0.1) is 6.92 Å². The van der Waals surface area contributed by atoms with E-state index in [-0.39, 0.29) is 6.03 Å². The normalized spacial score (nSPS) is 19.9. The number of H-pyrrole nitrogens is 1. The molecular formula is C17H21N5O. The van der Waals surface area contributed by atoms with Crippen molar-refractivity contribution < 1.29 is 4.79 Å². The number of nitrogens with one attached hydrogen (secondary N) is 3. The van der Waals surface area contributed by atoms with E-state index in [0.29, 0.717) is 24.8 Å². The van der Waals surface area contributed by atoms with Gasteiger partial charge in [-0.05, 0) is 43.0 Å². The predicted molar refractivity (Wildman–Crippen MR) is 88.0 cm³/mol. The number of aryl methyl sites for hydroxylation is 1. The molecule has 2 amide bonds. The smallest absolute Gasteiger partial charge is 0.316 e. The van der Waals surface area contributed by atoms with Gasteiger partial charge in [-0.3, -0.25) is 5.10 Å². The number of benzene rings is 1. The Morgan fingerprint density at radius 2 is 2.30 bits per heavy atom. The van der Waals surface area contributed by atoms with Crippen molar-refractivity contribution in [1.29, 1.82) is 0 Å². The first-order chi connectivity index (χ1) is 11.2. The van der Waals surface area contributed by atoms with E-state index in [9.17, 15) is 4.79 Å². The van der Waals surface area contributed by atoms with Crippen LogP contribution in [-0.2, 0) is 13.1 Å². The van der Waals surface area contributed by atoms with Crippen molar-refractivity contribution >= 4 is 11.7 Å². The number of anilines is 1. The molecule has 3 heterocycles. The number of aromatic nitrogens is 2. The van der Waals surface area contributed by atoms with Crippen LogP contribution in [0.5, 0.6) is 0 Å². The third-order valence-corrected chi connectivity index (χ3v) is 4.70. The van der Waals surface area contributed by atoms with Gasteiger partial charge in [0.05, 0.1) is 11.9 Å². The first kappa shape index (κ1) is 14.3. The van der Waals surface area contributed by atoms with Crippen molar-refractivity contribution in [3.63, 3.8) is 0 Å². The Balaban J connectivity index is 1.56. The van der Waals surface area contributed by atoms with Crippen molar-refractivity contribution in [2.45, 2.75) is 38.9 Å². The quantitative estimate of drug-likeness (QED) is 0.798. The average molecular weight is 311 g/mol. The van der Waals surface area contributed by atoms with E-state index >= 15 is 0 Å². The molecule has 1 fully saturated rings. The van der Waals surface area contributed by atoms with Gasteiger partial charge < -0.3 is 15.5 Å². The summed E-state index contributed by atoms with van der Waals surface area (Å²) >= 11 is 0. The van der Waals surface area contributed by atoms with Gasteiger partial charge in [0.15, 0.2) is 0 Å². The number of nitrogens with zero attached hydrogens (tertiary/aromatic N) is 2. The SMILES string of the molecule is Cc1cc2c(c([C@@H]3CCCN3)c1)CN(C(=O)Nc1cn[nH]c1)C2. The fourth-order valence-corrected chi connectivity index (χ4v) is 3.63. The molecule has 0 aliphatic carbocycles. The van der Waals surface area contributed by atoms with Crippen LogP contribution in [0.1, 0.15) is 41.1 Å². The van der Waals surface area contributed by atoms with E-state index in [1.165, 1.54) is 35.1 Å². The maximum absolute atomic E-state index is 12.5. The number of hydrogen-bond donors (Lipinski definition) is 3. The molecule has 0 radical (unpaired) electrons. The van der Waals surface area contributed by atoms with Crippen LogP contribution in [0.3, 0.4) is 0 Å². The maximum Gasteiger partial charge on any atom is 0.322 e. The zero-order valence-corrected chi connectivity index (χ0v) is 13.2. The summed E-state index contributed by atoms with van der Waals surface area (Å²) in [6.07, 6.45) is 5.69. The predicted octanol–water partition coefficient (Wildman–Crippen LogP) is 2.69. The minimum absolute atomic E-state index is 0.0782. The van der Waals surface area contributed by atoms with Crippen LogP contribution in [0.25, 0.3) is 0 Å². The number of hydrogen-bond acceptors (Lipinski definition) is 3.